The Kier molecular flexibility index (Phi) is 4.02. The second-order valence-electron chi connectivity index (χ2n) is 5.25. The summed E-state index contributed by atoms with van der Waals surface area (Å²) in [5.41, 5.74) is 0. The molecular weight excluding hydrogens is 216 g/mol. The Bertz CT molecular complexity index is 296. The Morgan fingerprint density at radius 3 is 2.29 bits per heavy atom. The Labute approximate surface area is 103 Å². The molecule has 0 aliphatic carbocycles. The maximum absolute atomic E-state index is 12.3. The van der Waals surface area contributed by atoms with Gasteiger partial charge in [0, 0.05) is 38.5 Å². The third kappa shape index (κ3) is 2.99. The van der Waals surface area contributed by atoms with Crippen molar-refractivity contribution in [2.75, 3.05) is 26.2 Å². The first-order valence-electron chi connectivity index (χ1n) is 6.75. The minimum Gasteiger partial charge on any atom is -0.325 e. The molecule has 17 heavy (non-hydrogen) atoms. The van der Waals surface area contributed by atoms with Crippen LogP contribution in [0.5, 0.6) is 0 Å². The van der Waals surface area contributed by atoms with Gasteiger partial charge in [-0.15, -0.1) is 0 Å². The van der Waals surface area contributed by atoms with Gasteiger partial charge in [0.1, 0.15) is 5.78 Å². The van der Waals surface area contributed by atoms with E-state index in [1.165, 1.54) is 12.8 Å². The van der Waals surface area contributed by atoms with E-state index in [0.717, 1.165) is 25.9 Å². The van der Waals surface area contributed by atoms with Crippen LogP contribution in [0.15, 0.2) is 0 Å². The number of urea groups is 1. The van der Waals surface area contributed by atoms with E-state index in [2.05, 4.69) is 0 Å². The predicted octanol–water partition coefficient (Wildman–Crippen LogP) is 1.89. The number of likely N-dealkylation sites (tertiary alicyclic amines) is 2. The summed E-state index contributed by atoms with van der Waals surface area (Å²) in [6.07, 6.45) is 5.24. The van der Waals surface area contributed by atoms with E-state index < -0.39 is 0 Å². The first-order valence-corrected chi connectivity index (χ1v) is 6.75. The molecular formula is C13H22N2O2. The molecule has 2 amide bonds. The van der Waals surface area contributed by atoms with E-state index in [4.69, 9.17) is 0 Å². The van der Waals surface area contributed by atoms with Gasteiger partial charge in [-0.2, -0.15) is 0 Å². The standard InChI is InChI=1S/C13H22N2O2/c1-11-10-15(9-6-12(11)16)13(17)14-7-4-2-3-5-8-14/h11H,2-10H2,1H3. The molecule has 2 saturated heterocycles. The monoisotopic (exact) mass is 238 g/mol. The summed E-state index contributed by atoms with van der Waals surface area (Å²) in [5, 5.41) is 0. The van der Waals surface area contributed by atoms with Crippen molar-refractivity contribution in [3.63, 3.8) is 0 Å². The van der Waals surface area contributed by atoms with Crippen molar-refractivity contribution in [1.82, 2.24) is 9.80 Å². The van der Waals surface area contributed by atoms with Gasteiger partial charge in [-0.05, 0) is 12.8 Å². The molecule has 0 spiro atoms. The molecule has 96 valence electrons. The molecule has 0 saturated carbocycles. The highest BCUT2D eigenvalue weighted by atomic mass is 16.2. The summed E-state index contributed by atoms with van der Waals surface area (Å²) in [6.45, 7) is 4.91. The third-order valence-electron chi connectivity index (χ3n) is 3.82. The molecule has 2 heterocycles. The molecule has 0 aromatic carbocycles. The quantitative estimate of drug-likeness (QED) is 0.646. The molecule has 2 rings (SSSR count). The largest absolute Gasteiger partial charge is 0.325 e. The van der Waals surface area contributed by atoms with E-state index in [9.17, 15) is 9.59 Å². The molecule has 0 N–H and O–H groups in total. The zero-order valence-electron chi connectivity index (χ0n) is 10.7. The van der Waals surface area contributed by atoms with Gasteiger partial charge in [-0.25, -0.2) is 4.79 Å². The summed E-state index contributed by atoms with van der Waals surface area (Å²) in [6, 6.07) is 0.145. The zero-order valence-corrected chi connectivity index (χ0v) is 10.7. The van der Waals surface area contributed by atoms with Crippen LogP contribution in [0.2, 0.25) is 0 Å². The number of ketones is 1. The van der Waals surface area contributed by atoms with Crippen molar-refractivity contribution < 1.29 is 9.59 Å². The summed E-state index contributed by atoms with van der Waals surface area (Å²) < 4.78 is 0. The van der Waals surface area contributed by atoms with E-state index in [-0.39, 0.29) is 11.9 Å². The predicted molar refractivity (Wildman–Crippen MR) is 65.8 cm³/mol. The topological polar surface area (TPSA) is 40.6 Å². The highest BCUT2D eigenvalue weighted by Gasteiger charge is 2.29. The van der Waals surface area contributed by atoms with Crippen LogP contribution in [-0.2, 0) is 4.79 Å². The van der Waals surface area contributed by atoms with Crippen molar-refractivity contribution >= 4 is 11.8 Å². The molecule has 4 heteroatoms. The highest BCUT2D eigenvalue weighted by molar-refractivity contribution is 5.84. The summed E-state index contributed by atoms with van der Waals surface area (Å²) in [7, 11) is 0. The lowest BCUT2D eigenvalue weighted by molar-refractivity contribution is -0.124. The Morgan fingerprint density at radius 1 is 1.06 bits per heavy atom. The molecule has 1 unspecified atom stereocenters. The van der Waals surface area contributed by atoms with Crippen LogP contribution in [0, 0.1) is 5.92 Å². The number of Topliss-reactive ketones (excluding diaryl/α,β-unsaturated/α-hetero) is 1. The van der Waals surface area contributed by atoms with Gasteiger partial charge in [0.2, 0.25) is 0 Å². The highest BCUT2D eigenvalue weighted by Crippen LogP contribution is 2.16. The van der Waals surface area contributed by atoms with Crippen LogP contribution in [-0.4, -0.2) is 47.8 Å². The molecule has 1 atom stereocenters. The van der Waals surface area contributed by atoms with Gasteiger partial charge in [-0.3, -0.25) is 4.79 Å². The van der Waals surface area contributed by atoms with E-state index >= 15 is 0 Å². The first kappa shape index (κ1) is 12.4. The number of piperidine rings is 1. The average Bonchev–Trinajstić information content (AvgIpc) is 2.60. The van der Waals surface area contributed by atoms with Crippen molar-refractivity contribution in [3.05, 3.63) is 0 Å². The van der Waals surface area contributed by atoms with Crippen molar-refractivity contribution in [2.24, 2.45) is 5.92 Å². The SMILES string of the molecule is CC1CN(C(=O)N2CCCCCC2)CCC1=O. The van der Waals surface area contributed by atoms with Gasteiger partial charge in [0.25, 0.3) is 0 Å². The van der Waals surface area contributed by atoms with Gasteiger partial charge >= 0.3 is 6.03 Å². The van der Waals surface area contributed by atoms with Crippen LogP contribution in [0.1, 0.15) is 39.0 Å². The maximum Gasteiger partial charge on any atom is 0.320 e. The molecule has 0 bridgehead atoms. The summed E-state index contributed by atoms with van der Waals surface area (Å²) in [5.74, 6) is 0.310. The lowest BCUT2D eigenvalue weighted by Gasteiger charge is -2.34. The number of hydrogen-bond donors (Lipinski definition) is 0. The average molecular weight is 238 g/mol. The van der Waals surface area contributed by atoms with Crippen LogP contribution < -0.4 is 0 Å². The molecule has 0 radical (unpaired) electrons. The molecule has 2 aliphatic rings. The second kappa shape index (κ2) is 5.52. The molecule has 2 aliphatic heterocycles. The van der Waals surface area contributed by atoms with Crippen LogP contribution >= 0.6 is 0 Å². The van der Waals surface area contributed by atoms with E-state index in [1.54, 1.807) is 0 Å². The lowest BCUT2D eigenvalue weighted by Crippen LogP contribution is -2.49. The summed E-state index contributed by atoms with van der Waals surface area (Å²) in [4.78, 5) is 27.6. The Morgan fingerprint density at radius 2 is 1.71 bits per heavy atom. The fraction of sp³-hybridized carbons (Fsp3) is 0.846. The second-order valence-corrected chi connectivity index (χ2v) is 5.25. The van der Waals surface area contributed by atoms with Crippen LogP contribution in [0.25, 0.3) is 0 Å². The van der Waals surface area contributed by atoms with Crippen molar-refractivity contribution in [2.45, 2.75) is 39.0 Å². The first-order chi connectivity index (χ1) is 8.18. The van der Waals surface area contributed by atoms with Crippen LogP contribution in [0.3, 0.4) is 0 Å². The Balaban J connectivity index is 1.92. The number of rotatable bonds is 0. The molecule has 0 aromatic heterocycles. The third-order valence-corrected chi connectivity index (χ3v) is 3.82. The fourth-order valence-corrected chi connectivity index (χ4v) is 2.65. The van der Waals surface area contributed by atoms with Gasteiger partial charge < -0.3 is 9.80 Å². The molecule has 2 fully saturated rings. The fourth-order valence-electron chi connectivity index (χ4n) is 2.65. The van der Waals surface area contributed by atoms with Crippen LogP contribution in [0.4, 0.5) is 4.79 Å². The van der Waals surface area contributed by atoms with Gasteiger partial charge in [-0.1, -0.05) is 19.8 Å². The lowest BCUT2D eigenvalue weighted by atomic mass is 9.99. The number of carbonyl (C=O) groups excluding carboxylic acids is 2. The van der Waals surface area contributed by atoms with Gasteiger partial charge in [0.15, 0.2) is 0 Å². The minimum absolute atomic E-state index is 0.0136. The molecule has 0 aromatic rings. The van der Waals surface area contributed by atoms with Crippen molar-refractivity contribution in [1.29, 1.82) is 0 Å². The Hall–Kier alpha value is -1.06. The van der Waals surface area contributed by atoms with Crippen molar-refractivity contribution in [3.8, 4) is 0 Å². The van der Waals surface area contributed by atoms with Gasteiger partial charge in [0.05, 0.1) is 0 Å². The summed E-state index contributed by atoms with van der Waals surface area (Å²) >= 11 is 0. The smallest absolute Gasteiger partial charge is 0.320 e. The zero-order chi connectivity index (χ0) is 12.3. The minimum atomic E-state index is 0.0136. The number of hydrogen-bond acceptors (Lipinski definition) is 2. The van der Waals surface area contributed by atoms with E-state index in [1.807, 2.05) is 16.7 Å². The molecule has 4 nitrogen and oxygen atoms in total. The normalized spacial score (nSPS) is 26.9. The maximum atomic E-state index is 12.3. The number of amides is 2. The number of nitrogens with zero attached hydrogens (tertiary/aromatic N) is 2. The van der Waals surface area contributed by atoms with E-state index in [0.29, 0.717) is 25.3 Å². The number of carbonyl (C=O) groups is 2.